The Balaban J connectivity index is 1.15. The predicted octanol–water partition coefficient (Wildman–Crippen LogP) is 4.95. The van der Waals surface area contributed by atoms with Crippen LogP contribution in [0.5, 0.6) is 0 Å². The van der Waals surface area contributed by atoms with Crippen molar-refractivity contribution in [3.8, 4) is 11.1 Å². The van der Waals surface area contributed by atoms with Crippen LogP contribution in [0.1, 0.15) is 59.2 Å². The lowest BCUT2D eigenvalue weighted by Crippen LogP contribution is -2.44. The highest BCUT2D eigenvalue weighted by atomic mass is 16.5. The number of hydrogen-bond donors (Lipinski definition) is 1. The molecule has 2 aliphatic rings. The van der Waals surface area contributed by atoms with Crippen molar-refractivity contribution in [1.29, 1.82) is 0 Å². The van der Waals surface area contributed by atoms with Crippen LogP contribution in [0.25, 0.3) is 11.1 Å². The van der Waals surface area contributed by atoms with E-state index in [-0.39, 0.29) is 42.2 Å². The van der Waals surface area contributed by atoms with Crippen LogP contribution in [0.4, 0.5) is 5.69 Å². The molecular formula is C31H30N2O5. The fraction of sp³-hybridized carbons (Fsp3) is 0.290. The average Bonchev–Trinajstić information content (AvgIpc) is 3.24. The number of ether oxygens (including phenoxy) is 1. The van der Waals surface area contributed by atoms with Crippen molar-refractivity contribution in [2.75, 3.05) is 11.5 Å². The Labute approximate surface area is 221 Å². The third kappa shape index (κ3) is 5.73. The minimum atomic E-state index is -0.651. The van der Waals surface area contributed by atoms with Crippen LogP contribution in [0.3, 0.4) is 0 Å². The molecule has 7 nitrogen and oxygen atoms in total. The number of amides is 2. The summed E-state index contributed by atoms with van der Waals surface area (Å²) < 4.78 is 5.22. The lowest BCUT2D eigenvalue weighted by atomic mass is 9.95. The zero-order valence-electron chi connectivity index (χ0n) is 21.1. The summed E-state index contributed by atoms with van der Waals surface area (Å²) in [5.74, 6) is -1.48. The number of hydrogen-bond acceptors (Lipinski definition) is 6. The van der Waals surface area contributed by atoms with Gasteiger partial charge in [0.25, 0.3) is 5.91 Å². The van der Waals surface area contributed by atoms with E-state index >= 15 is 0 Å². The first kappa shape index (κ1) is 25.5. The molecule has 194 valence electrons. The number of anilines is 1. The second-order valence-corrected chi connectivity index (χ2v) is 9.82. The highest BCUT2D eigenvalue weighted by molar-refractivity contribution is 6.22. The highest BCUT2D eigenvalue weighted by Crippen LogP contribution is 2.26. The van der Waals surface area contributed by atoms with Gasteiger partial charge in [0.05, 0.1) is 23.7 Å². The molecule has 1 aliphatic heterocycles. The van der Waals surface area contributed by atoms with Crippen LogP contribution in [0, 0.1) is 0 Å². The number of benzene rings is 3. The highest BCUT2D eigenvalue weighted by Gasteiger charge is 2.40. The summed E-state index contributed by atoms with van der Waals surface area (Å²) in [4.78, 5) is 51.8. The van der Waals surface area contributed by atoms with Crippen LogP contribution in [0.15, 0.2) is 78.9 Å². The number of carbonyl (C=O) groups excluding carboxylic acids is 4. The van der Waals surface area contributed by atoms with E-state index in [9.17, 15) is 19.2 Å². The molecule has 0 bridgehead atoms. The molecule has 2 amide bonds. The van der Waals surface area contributed by atoms with Crippen LogP contribution in [-0.2, 0) is 14.3 Å². The van der Waals surface area contributed by atoms with Gasteiger partial charge in [0, 0.05) is 11.6 Å². The van der Waals surface area contributed by atoms with Crippen LogP contribution < -0.4 is 10.2 Å². The first-order chi connectivity index (χ1) is 18.5. The van der Waals surface area contributed by atoms with E-state index in [1.807, 2.05) is 42.5 Å². The van der Waals surface area contributed by atoms with E-state index in [0.717, 1.165) is 36.8 Å². The third-order valence-electron chi connectivity index (χ3n) is 7.20. The van der Waals surface area contributed by atoms with Gasteiger partial charge in [-0.05, 0) is 48.2 Å². The second kappa shape index (κ2) is 11.5. The summed E-state index contributed by atoms with van der Waals surface area (Å²) in [6.45, 7) is -0.386. The number of carbonyl (C=O) groups is 4. The van der Waals surface area contributed by atoms with E-state index in [1.54, 1.807) is 24.3 Å². The second-order valence-electron chi connectivity index (χ2n) is 9.82. The van der Waals surface area contributed by atoms with Crippen molar-refractivity contribution >= 4 is 29.3 Å². The number of esters is 1. The SMILES string of the molecule is O=C(COC(=O)c1ccc(N2C(=O)CC(NC3CCCCC3)C2=O)cc1)c1ccc(-c2ccccc2)cc1. The van der Waals surface area contributed by atoms with Crippen molar-refractivity contribution in [3.63, 3.8) is 0 Å². The molecule has 1 aliphatic carbocycles. The summed E-state index contributed by atoms with van der Waals surface area (Å²) in [6.07, 6.45) is 5.67. The minimum absolute atomic E-state index is 0.133. The maximum Gasteiger partial charge on any atom is 0.338 e. The first-order valence-corrected chi connectivity index (χ1v) is 13.1. The molecule has 1 N–H and O–H groups in total. The summed E-state index contributed by atoms with van der Waals surface area (Å²) in [7, 11) is 0. The van der Waals surface area contributed by atoms with Gasteiger partial charge in [-0.15, -0.1) is 0 Å². The van der Waals surface area contributed by atoms with Gasteiger partial charge in [-0.1, -0.05) is 73.9 Å². The van der Waals surface area contributed by atoms with Gasteiger partial charge in [0.15, 0.2) is 12.4 Å². The fourth-order valence-electron chi connectivity index (χ4n) is 5.11. The van der Waals surface area contributed by atoms with Gasteiger partial charge in [-0.3, -0.25) is 14.4 Å². The van der Waals surface area contributed by atoms with Gasteiger partial charge in [0.2, 0.25) is 5.91 Å². The molecule has 1 saturated carbocycles. The van der Waals surface area contributed by atoms with E-state index < -0.39 is 12.0 Å². The third-order valence-corrected chi connectivity index (χ3v) is 7.20. The van der Waals surface area contributed by atoms with Crippen molar-refractivity contribution < 1.29 is 23.9 Å². The molecule has 38 heavy (non-hydrogen) atoms. The maximum atomic E-state index is 12.9. The van der Waals surface area contributed by atoms with E-state index in [2.05, 4.69) is 5.32 Å². The minimum Gasteiger partial charge on any atom is -0.454 e. The molecule has 0 radical (unpaired) electrons. The molecule has 0 aromatic heterocycles. The molecule has 3 aromatic rings. The zero-order valence-corrected chi connectivity index (χ0v) is 21.1. The zero-order chi connectivity index (χ0) is 26.5. The Hall–Kier alpha value is -4.10. The number of nitrogens with zero attached hydrogens (tertiary/aromatic N) is 1. The summed E-state index contributed by atoms with van der Waals surface area (Å²) in [5.41, 5.74) is 3.14. The normalized spacial score (nSPS) is 18.0. The Kier molecular flexibility index (Phi) is 7.75. The van der Waals surface area contributed by atoms with E-state index in [1.165, 1.54) is 23.5 Å². The molecular weight excluding hydrogens is 480 g/mol. The largest absolute Gasteiger partial charge is 0.454 e. The summed E-state index contributed by atoms with van der Waals surface area (Å²) in [5, 5.41) is 3.36. The van der Waals surface area contributed by atoms with Crippen molar-refractivity contribution in [2.45, 2.75) is 50.6 Å². The molecule has 3 aromatic carbocycles. The monoisotopic (exact) mass is 510 g/mol. The molecule has 1 unspecified atom stereocenters. The molecule has 5 rings (SSSR count). The molecule has 7 heteroatoms. The smallest absolute Gasteiger partial charge is 0.338 e. The Morgan fingerprint density at radius 2 is 1.42 bits per heavy atom. The maximum absolute atomic E-state index is 12.9. The van der Waals surface area contributed by atoms with Crippen LogP contribution >= 0.6 is 0 Å². The van der Waals surface area contributed by atoms with E-state index in [4.69, 9.17) is 4.74 Å². The molecule has 1 saturated heterocycles. The molecule has 0 spiro atoms. The van der Waals surface area contributed by atoms with Crippen molar-refractivity contribution in [2.24, 2.45) is 0 Å². The Bertz CT molecular complexity index is 1310. The molecule has 1 heterocycles. The lowest BCUT2D eigenvalue weighted by molar-refractivity contribution is -0.121. The summed E-state index contributed by atoms with van der Waals surface area (Å²) >= 11 is 0. The average molecular weight is 511 g/mol. The Morgan fingerprint density at radius 1 is 0.789 bits per heavy atom. The Morgan fingerprint density at radius 3 is 2.11 bits per heavy atom. The number of ketones is 1. The standard InChI is InChI=1S/C31H30N2O5/c34-28(23-13-11-22(12-14-23)21-7-3-1-4-8-21)20-38-31(37)24-15-17-26(18-16-24)33-29(35)19-27(30(33)36)32-25-9-5-2-6-10-25/h1,3-4,7-8,11-18,25,27,32H,2,5-6,9-10,19-20H2. The topological polar surface area (TPSA) is 92.8 Å². The van der Waals surface area contributed by atoms with Crippen LogP contribution in [0.2, 0.25) is 0 Å². The quantitative estimate of drug-likeness (QED) is 0.262. The first-order valence-electron chi connectivity index (χ1n) is 13.1. The van der Waals surface area contributed by atoms with Gasteiger partial charge in [-0.2, -0.15) is 0 Å². The van der Waals surface area contributed by atoms with Gasteiger partial charge < -0.3 is 10.1 Å². The van der Waals surface area contributed by atoms with Gasteiger partial charge in [-0.25, -0.2) is 9.69 Å². The number of imide groups is 1. The molecule has 2 fully saturated rings. The summed E-state index contributed by atoms with van der Waals surface area (Å²) in [6, 6.07) is 22.9. The van der Waals surface area contributed by atoms with Gasteiger partial charge >= 0.3 is 5.97 Å². The van der Waals surface area contributed by atoms with Crippen molar-refractivity contribution in [1.82, 2.24) is 5.32 Å². The van der Waals surface area contributed by atoms with Crippen molar-refractivity contribution in [3.05, 3.63) is 90.0 Å². The number of Topliss-reactive ketones (excluding diaryl/α,β-unsaturated/α-hetero) is 1. The molecule has 1 atom stereocenters. The van der Waals surface area contributed by atoms with Gasteiger partial charge in [0.1, 0.15) is 0 Å². The van der Waals surface area contributed by atoms with Crippen LogP contribution in [-0.4, -0.2) is 42.3 Å². The number of nitrogens with one attached hydrogen (secondary N) is 1. The lowest BCUT2D eigenvalue weighted by Gasteiger charge is -2.25. The predicted molar refractivity (Wildman–Crippen MR) is 144 cm³/mol. The number of rotatable bonds is 8. The fourth-order valence-corrected chi connectivity index (χ4v) is 5.11. The van der Waals surface area contributed by atoms with E-state index in [0.29, 0.717) is 11.3 Å².